The summed E-state index contributed by atoms with van der Waals surface area (Å²) >= 11 is 6.83. The molecule has 17 heavy (non-hydrogen) atoms. The average Bonchev–Trinajstić information content (AvgIpc) is 2.70. The quantitative estimate of drug-likeness (QED) is 0.798. The van der Waals surface area contributed by atoms with Gasteiger partial charge < -0.3 is 9.47 Å². The van der Waals surface area contributed by atoms with Crippen LogP contribution in [0.2, 0.25) is 5.15 Å². The van der Waals surface area contributed by atoms with E-state index in [1.807, 2.05) is 0 Å². The number of thiazole rings is 1. The highest BCUT2D eigenvalue weighted by molar-refractivity contribution is 7.15. The van der Waals surface area contributed by atoms with Gasteiger partial charge in [-0.2, -0.15) is 4.98 Å². The van der Waals surface area contributed by atoms with Crippen molar-refractivity contribution in [2.75, 3.05) is 7.11 Å². The lowest BCUT2D eigenvalue weighted by atomic mass is 10.3. The van der Waals surface area contributed by atoms with Crippen molar-refractivity contribution in [3.63, 3.8) is 0 Å². The maximum Gasteiger partial charge on any atom is 0.280 e. The maximum atomic E-state index is 10.6. The Hall–Kier alpha value is -1.59. The highest BCUT2D eigenvalue weighted by atomic mass is 35.5. The highest BCUT2D eigenvalue weighted by Crippen LogP contribution is 2.31. The van der Waals surface area contributed by atoms with Crippen molar-refractivity contribution in [1.29, 1.82) is 0 Å². The number of ether oxygens (including phenoxy) is 2. The Kier molecular flexibility index (Phi) is 3.61. The SMILES string of the molecule is COc1ccc(Oc2nc(Cl)c(C=O)s2)cc1. The summed E-state index contributed by atoms with van der Waals surface area (Å²) in [6.07, 6.45) is 0.654. The van der Waals surface area contributed by atoms with Gasteiger partial charge in [0.15, 0.2) is 11.4 Å². The number of benzene rings is 1. The fourth-order valence-corrected chi connectivity index (χ4v) is 2.08. The number of hydrogen-bond donors (Lipinski definition) is 0. The summed E-state index contributed by atoms with van der Waals surface area (Å²) in [7, 11) is 1.59. The first kappa shape index (κ1) is 11.9. The molecule has 0 saturated heterocycles. The molecule has 0 fully saturated rings. The number of rotatable bonds is 4. The third-order valence-corrected chi connectivity index (χ3v) is 3.22. The number of carbonyl (C=O) groups excluding carboxylic acids is 1. The van der Waals surface area contributed by atoms with Crippen molar-refractivity contribution in [2.45, 2.75) is 0 Å². The number of nitrogens with zero attached hydrogens (tertiary/aromatic N) is 1. The molecule has 1 aromatic heterocycles. The number of aromatic nitrogens is 1. The van der Waals surface area contributed by atoms with Crippen molar-refractivity contribution >= 4 is 29.2 Å². The molecule has 1 aromatic carbocycles. The number of halogens is 1. The Morgan fingerprint density at radius 1 is 1.29 bits per heavy atom. The molecule has 0 spiro atoms. The van der Waals surface area contributed by atoms with E-state index >= 15 is 0 Å². The third-order valence-electron chi connectivity index (χ3n) is 1.96. The van der Waals surface area contributed by atoms with Crippen LogP contribution in [0.4, 0.5) is 0 Å². The summed E-state index contributed by atoms with van der Waals surface area (Å²) < 4.78 is 10.5. The van der Waals surface area contributed by atoms with Gasteiger partial charge in [0.2, 0.25) is 0 Å². The van der Waals surface area contributed by atoms with Crippen LogP contribution in [0, 0.1) is 0 Å². The second-order valence-electron chi connectivity index (χ2n) is 3.03. The first-order valence-corrected chi connectivity index (χ1v) is 5.86. The summed E-state index contributed by atoms with van der Waals surface area (Å²) in [6, 6.07) is 7.03. The molecule has 0 aliphatic heterocycles. The molecule has 0 atom stereocenters. The van der Waals surface area contributed by atoms with Crippen molar-refractivity contribution in [3.05, 3.63) is 34.3 Å². The van der Waals surface area contributed by atoms with E-state index in [1.165, 1.54) is 0 Å². The summed E-state index contributed by atoms with van der Waals surface area (Å²) in [5.74, 6) is 1.34. The zero-order valence-corrected chi connectivity index (χ0v) is 10.4. The van der Waals surface area contributed by atoms with E-state index in [2.05, 4.69) is 4.98 Å². The summed E-state index contributed by atoms with van der Waals surface area (Å²) in [5.41, 5.74) is 0. The summed E-state index contributed by atoms with van der Waals surface area (Å²) in [5, 5.41) is 0.496. The number of carbonyl (C=O) groups is 1. The van der Waals surface area contributed by atoms with E-state index in [0.29, 0.717) is 22.1 Å². The molecular formula is C11H8ClNO3S. The molecule has 4 nitrogen and oxygen atoms in total. The number of aldehydes is 1. The molecule has 0 aliphatic rings. The topological polar surface area (TPSA) is 48.4 Å². The molecule has 1 heterocycles. The van der Waals surface area contributed by atoms with Crippen LogP contribution in [0.15, 0.2) is 24.3 Å². The normalized spacial score (nSPS) is 10.0. The number of methoxy groups -OCH3 is 1. The van der Waals surface area contributed by atoms with Gasteiger partial charge >= 0.3 is 0 Å². The van der Waals surface area contributed by atoms with Crippen LogP contribution < -0.4 is 9.47 Å². The van der Waals surface area contributed by atoms with Gasteiger partial charge in [-0.15, -0.1) is 0 Å². The van der Waals surface area contributed by atoms with E-state index in [1.54, 1.807) is 31.4 Å². The number of hydrogen-bond acceptors (Lipinski definition) is 5. The summed E-state index contributed by atoms with van der Waals surface area (Å²) in [4.78, 5) is 14.9. The van der Waals surface area contributed by atoms with Crippen LogP contribution >= 0.6 is 22.9 Å². The van der Waals surface area contributed by atoms with E-state index in [-0.39, 0.29) is 5.15 Å². The van der Waals surface area contributed by atoms with Gasteiger partial charge in [-0.05, 0) is 24.3 Å². The fourth-order valence-electron chi connectivity index (χ4n) is 1.16. The van der Waals surface area contributed by atoms with Gasteiger partial charge in [0.1, 0.15) is 16.4 Å². The average molecular weight is 270 g/mol. The van der Waals surface area contributed by atoms with Crippen molar-refractivity contribution in [1.82, 2.24) is 4.98 Å². The van der Waals surface area contributed by atoms with Crippen molar-refractivity contribution in [2.24, 2.45) is 0 Å². The van der Waals surface area contributed by atoms with E-state index in [9.17, 15) is 4.79 Å². The Labute approximate surface area is 107 Å². The molecule has 0 radical (unpaired) electrons. The lowest BCUT2D eigenvalue weighted by molar-refractivity contribution is 0.112. The van der Waals surface area contributed by atoms with Crippen LogP contribution in [-0.2, 0) is 0 Å². The molecule has 6 heteroatoms. The third kappa shape index (κ3) is 2.75. The predicted molar refractivity (Wildman–Crippen MR) is 65.6 cm³/mol. The lowest BCUT2D eigenvalue weighted by Gasteiger charge is -2.02. The minimum absolute atomic E-state index is 0.161. The van der Waals surface area contributed by atoms with E-state index < -0.39 is 0 Å². The monoisotopic (exact) mass is 269 g/mol. The smallest absolute Gasteiger partial charge is 0.280 e. The van der Waals surface area contributed by atoms with Gasteiger partial charge in [0, 0.05) is 0 Å². The Morgan fingerprint density at radius 2 is 1.94 bits per heavy atom. The zero-order chi connectivity index (χ0) is 12.3. The predicted octanol–water partition coefficient (Wildman–Crippen LogP) is 3.41. The second kappa shape index (κ2) is 5.16. The first-order chi connectivity index (χ1) is 8.22. The Bertz CT molecular complexity index is 524. The molecule has 0 amide bonds. The lowest BCUT2D eigenvalue weighted by Crippen LogP contribution is -1.84. The molecule has 2 aromatic rings. The van der Waals surface area contributed by atoms with E-state index in [4.69, 9.17) is 21.1 Å². The fraction of sp³-hybridized carbons (Fsp3) is 0.0909. The summed E-state index contributed by atoms with van der Waals surface area (Å²) in [6.45, 7) is 0. The van der Waals surface area contributed by atoms with Crippen LogP contribution in [0.3, 0.4) is 0 Å². The largest absolute Gasteiger partial charge is 0.497 e. The van der Waals surface area contributed by atoms with Crippen molar-refractivity contribution in [3.8, 4) is 16.7 Å². The molecular weight excluding hydrogens is 262 g/mol. The minimum Gasteiger partial charge on any atom is -0.497 e. The van der Waals surface area contributed by atoms with Crippen LogP contribution in [0.25, 0.3) is 0 Å². The Balaban J connectivity index is 2.16. The van der Waals surface area contributed by atoms with Gasteiger partial charge in [-0.3, -0.25) is 4.79 Å². The molecule has 0 N–H and O–H groups in total. The molecule has 0 bridgehead atoms. The van der Waals surface area contributed by atoms with Crippen LogP contribution in [0.1, 0.15) is 9.67 Å². The molecule has 0 saturated carbocycles. The zero-order valence-electron chi connectivity index (χ0n) is 8.84. The second-order valence-corrected chi connectivity index (χ2v) is 4.38. The molecule has 88 valence electrons. The maximum absolute atomic E-state index is 10.6. The van der Waals surface area contributed by atoms with Gasteiger partial charge in [0.25, 0.3) is 5.19 Å². The highest BCUT2D eigenvalue weighted by Gasteiger charge is 2.10. The molecule has 0 aliphatic carbocycles. The standard InChI is InChI=1S/C11H8ClNO3S/c1-15-7-2-4-8(5-3-7)16-11-13-10(12)9(6-14)17-11/h2-6H,1H3. The van der Waals surface area contributed by atoms with Crippen molar-refractivity contribution < 1.29 is 14.3 Å². The van der Waals surface area contributed by atoms with Gasteiger partial charge in [-0.25, -0.2) is 0 Å². The van der Waals surface area contributed by atoms with Crippen LogP contribution in [0.5, 0.6) is 16.7 Å². The Morgan fingerprint density at radius 3 is 2.47 bits per heavy atom. The molecule has 0 unspecified atom stereocenters. The first-order valence-electron chi connectivity index (χ1n) is 4.66. The van der Waals surface area contributed by atoms with E-state index in [0.717, 1.165) is 17.1 Å². The minimum atomic E-state index is 0.161. The van der Waals surface area contributed by atoms with Gasteiger partial charge in [-0.1, -0.05) is 22.9 Å². The van der Waals surface area contributed by atoms with Crippen LogP contribution in [-0.4, -0.2) is 18.4 Å². The van der Waals surface area contributed by atoms with Gasteiger partial charge in [0.05, 0.1) is 7.11 Å². The molecule has 2 rings (SSSR count).